The average Bonchev–Trinajstić information content (AvgIpc) is 1.93. The van der Waals surface area contributed by atoms with Crippen LogP contribution < -0.4 is 4.74 Å². The van der Waals surface area contributed by atoms with Gasteiger partial charge in [0.15, 0.2) is 5.15 Å². The van der Waals surface area contributed by atoms with Crippen molar-refractivity contribution in [2.75, 3.05) is 0 Å². The summed E-state index contributed by atoms with van der Waals surface area (Å²) in [7, 11) is 0. The number of rotatable bonds is 1. The van der Waals surface area contributed by atoms with Crippen LogP contribution >= 0.6 is 11.6 Å². The van der Waals surface area contributed by atoms with Crippen LogP contribution in [0.5, 0.6) is 5.88 Å². The van der Waals surface area contributed by atoms with E-state index >= 15 is 0 Å². The molecule has 5 nitrogen and oxygen atoms in total. The molecule has 0 saturated carbocycles. The van der Waals surface area contributed by atoms with Gasteiger partial charge in [0.05, 0.1) is 0 Å². The summed E-state index contributed by atoms with van der Waals surface area (Å²) in [5.41, 5.74) is 0. The minimum absolute atomic E-state index is 0.0742. The fraction of sp³-hybridized carbons (Fsp3) is 0. The molecule has 1 aromatic heterocycles. The van der Waals surface area contributed by atoms with Crippen LogP contribution in [0.1, 0.15) is 0 Å². The van der Waals surface area contributed by atoms with E-state index in [-0.39, 0.29) is 11.0 Å². The lowest BCUT2D eigenvalue weighted by molar-refractivity contribution is 0.142. The van der Waals surface area contributed by atoms with Crippen molar-refractivity contribution in [1.29, 1.82) is 0 Å². The number of nitrogens with zero attached hydrogens (tertiary/aromatic N) is 2. The van der Waals surface area contributed by atoms with Crippen molar-refractivity contribution in [3.63, 3.8) is 0 Å². The SMILES string of the molecule is O=C(O)Oc1nccnc1Cl. The van der Waals surface area contributed by atoms with Gasteiger partial charge in [0, 0.05) is 12.4 Å². The van der Waals surface area contributed by atoms with E-state index < -0.39 is 6.16 Å². The van der Waals surface area contributed by atoms with Crippen molar-refractivity contribution >= 4 is 17.8 Å². The summed E-state index contributed by atoms with van der Waals surface area (Å²) < 4.78 is 4.16. The molecule has 1 aromatic rings. The number of ether oxygens (including phenoxy) is 1. The lowest BCUT2D eigenvalue weighted by Crippen LogP contribution is -2.05. The minimum Gasteiger partial charge on any atom is -0.449 e. The van der Waals surface area contributed by atoms with Crippen molar-refractivity contribution in [2.24, 2.45) is 0 Å². The molecule has 0 bridgehead atoms. The standard InChI is InChI=1S/C5H3ClN2O3/c6-3-4(11-5(9)10)8-2-1-7-3/h1-2H,(H,9,10). The van der Waals surface area contributed by atoms with Gasteiger partial charge in [-0.1, -0.05) is 11.6 Å². The zero-order chi connectivity index (χ0) is 8.27. The third-order valence-corrected chi connectivity index (χ3v) is 1.07. The van der Waals surface area contributed by atoms with E-state index in [4.69, 9.17) is 16.7 Å². The van der Waals surface area contributed by atoms with Crippen LogP contribution in [-0.2, 0) is 0 Å². The minimum atomic E-state index is -1.47. The summed E-state index contributed by atoms with van der Waals surface area (Å²) in [5, 5.41) is 8.07. The third-order valence-electron chi connectivity index (χ3n) is 0.807. The maximum absolute atomic E-state index is 9.97. The van der Waals surface area contributed by atoms with Gasteiger partial charge in [-0.25, -0.2) is 14.8 Å². The number of hydrogen-bond acceptors (Lipinski definition) is 4. The zero-order valence-electron chi connectivity index (χ0n) is 5.19. The molecular weight excluding hydrogens is 172 g/mol. The second kappa shape index (κ2) is 3.16. The van der Waals surface area contributed by atoms with Crippen LogP contribution in [0.3, 0.4) is 0 Å². The number of halogens is 1. The highest BCUT2D eigenvalue weighted by Gasteiger charge is 2.06. The van der Waals surface area contributed by atoms with E-state index in [1.54, 1.807) is 0 Å². The van der Waals surface area contributed by atoms with E-state index in [0.717, 1.165) is 0 Å². The van der Waals surface area contributed by atoms with E-state index in [9.17, 15) is 4.79 Å². The number of carboxylic acid groups (broad SMARTS) is 1. The average molecular weight is 175 g/mol. The van der Waals surface area contributed by atoms with Crippen molar-refractivity contribution in [3.8, 4) is 5.88 Å². The predicted molar refractivity (Wildman–Crippen MR) is 35.7 cm³/mol. The molecule has 0 radical (unpaired) electrons. The van der Waals surface area contributed by atoms with Gasteiger partial charge < -0.3 is 9.84 Å². The summed E-state index contributed by atoms with van der Waals surface area (Å²) in [5.74, 6) is -0.207. The Morgan fingerprint density at radius 3 is 2.73 bits per heavy atom. The summed E-state index contributed by atoms with van der Waals surface area (Å²) in [6, 6.07) is 0. The molecule has 58 valence electrons. The molecule has 1 rings (SSSR count). The van der Waals surface area contributed by atoms with E-state index in [1.807, 2.05) is 0 Å². The van der Waals surface area contributed by atoms with E-state index in [1.165, 1.54) is 12.4 Å². The molecule has 0 saturated heterocycles. The van der Waals surface area contributed by atoms with Crippen LogP contribution in [0, 0.1) is 0 Å². The quantitative estimate of drug-likeness (QED) is 0.648. The van der Waals surface area contributed by atoms with Crippen molar-refractivity contribution < 1.29 is 14.6 Å². The summed E-state index contributed by atoms with van der Waals surface area (Å²) in [6.45, 7) is 0. The summed E-state index contributed by atoms with van der Waals surface area (Å²) in [4.78, 5) is 17.0. The van der Waals surface area contributed by atoms with Crippen LogP contribution in [-0.4, -0.2) is 21.2 Å². The monoisotopic (exact) mass is 174 g/mol. The number of aromatic nitrogens is 2. The first-order valence-electron chi connectivity index (χ1n) is 2.57. The molecule has 0 unspecified atom stereocenters. The van der Waals surface area contributed by atoms with Crippen LogP contribution in [0.4, 0.5) is 4.79 Å². The summed E-state index contributed by atoms with van der Waals surface area (Å²) in [6.07, 6.45) is 1.15. The Kier molecular flexibility index (Phi) is 2.22. The predicted octanol–water partition coefficient (Wildman–Crippen LogP) is 1.19. The van der Waals surface area contributed by atoms with Crippen molar-refractivity contribution in [3.05, 3.63) is 17.5 Å². The van der Waals surface area contributed by atoms with Crippen molar-refractivity contribution in [2.45, 2.75) is 0 Å². The highest BCUT2D eigenvalue weighted by atomic mass is 35.5. The molecule has 11 heavy (non-hydrogen) atoms. The molecule has 0 aromatic carbocycles. The molecule has 1 N–H and O–H groups in total. The molecular formula is C5H3ClN2O3. The van der Waals surface area contributed by atoms with Crippen LogP contribution in [0.25, 0.3) is 0 Å². The Morgan fingerprint density at radius 2 is 2.18 bits per heavy atom. The smallest absolute Gasteiger partial charge is 0.449 e. The maximum atomic E-state index is 9.97. The molecule has 0 fully saturated rings. The van der Waals surface area contributed by atoms with Gasteiger partial charge in [-0.05, 0) is 0 Å². The summed E-state index contributed by atoms with van der Waals surface area (Å²) >= 11 is 5.41. The molecule has 6 heteroatoms. The topological polar surface area (TPSA) is 72.3 Å². The Balaban J connectivity index is 2.86. The second-order valence-corrected chi connectivity index (χ2v) is 1.88. The first-order chi connectivity index (χ1) is 5.20. The lowest BCUT2D eigenvalue weighted by Gasteiger charge is -1.97. The fourth-order valence-corrected chi connectivity index (χ4v) is 0.603. The molecule has 0 aliphatic rings. The van der Waals surface area contributed by atoms with Crippen molar-refractivity contribution in [1.82, 2.24) is 9.97 Å². The lowest BCUT2D eigenvalue weighted by atomic mass is 10.7. The molecule has 1 heterocycles. The first-order valence-corrected chi connectivity index (χ1v) is 2.95. The normalized spacial score (nSPS) is 9.18. The van der Waals surface area contributed by atoms with Gasteiger partial charge in [-0.15, -0.1) is 0 Å². The highest BCUT2D eigenvalue weighted by molar-refractivity contribution is 6.30. The second-order valence-electron chi connectivity index (χ2n) is 1.52. The van der Waals surface area contributed by atoms with Gasteiger partial charge in [0.1, 0.15) is 0 Å². The molecule has 0 spiro atoms. The van der Waals surface area contributed by atoms with Gasteiger partial charge in [0.25, 0.3) is 5.88 Å². The third kappa shape index (κ3) is 2.05. The van der Waals surface area contributed by atoms with Crippen LogP contribution in [0.2, 0.25) is 5.15 Å². The molecule has 0 aliphatic carbocycles. The van der Waals surface area contributed by atoms with Gasteiger partial charge in [-0.3, -0.25) is 0 Å². The fourth-order valence-electron chi connectivity index (χ4n) is 0.459. The molecule has 0 aliphatic heterocycles. The van der Waals surface area contributed by atoms with Crippen LogP contribution in [0.15, 0.2) is 12.4 Å². The zero-order valence-corrected chi connectivity index (χ0v) is 5.95. The van der Waals surface area contributed by atoms with E-state index in [2.05, 4.69) is 14.7 Å². The molecule has 0 atom stereocenters. The Morgan fingerprint density at radius 1 is 1.55 bits per heavy atom. The van der Waals surface area contributed by atoms with Gasteiger partial charge >= 0.3 is 6.16 Å². The van der Waals surface area contributed by atoms with Gasteiger partial charge in [0.2, 0.25) is 0 Å². The van der Waals surface area contributed by atoms with Gasteiger partial charge in [-0.2, -0.15) is 0 Å². The molecule has 0 amide bonds. The Bertz CT molecular complexity index is 278. The number of hydrogen-bond donors (Lipinski definition) is 1. The Labute approximate surface area is 66.6 Å². The van der Waals surface area contributed by atoms with E-state index in [0.29, 0.717) is 0 Å². The highest BCUT2D eigenvalue weighted by Crippen LogP contribution is 2.16. The first kappa shape index (κ1) is 7.74. The maximum Gasteiger partial charge on any atom is 0.512 e. The number of carbonyl (C=O) groups is 1. The Hall–Kier alpha value is -1.36. The largest absolute Gasteiger partial charge is 0.512 e.